The van der Waals surface area contributed by atoms with Gasteiger partial charge in [0.25, 0.3) is 0 Å². The fourth-order valence-electron chi connectivity index (χ4n) is 2.91. The minimum absolute atomic E-state index is 0.741. The summed E-state index contributed by atoms with van der Waals surface area (Å²) < 4.78 is 8.32. The van der Waals surface area contributed by atoms with Crippen molar-refractivity contribution in [1.82, 2.24) is 14.4 Å². The first-order valence-electron chi connectivity index (χ1n) is 7.91. The summed E-state index contributed by atoms with van der Waals surface area (Å²) in [6.45, 7) is 5.48. The molecular weight excluding hydrogens is 370 g/mol. The fourth-order valence-corrected chi connectivity index (χ4v) is 3.46. The second kappa shape index (κ2) is 6.41. The molecule has 0 aliphatic carbocycles. The standard InChI is InChI=1S/C17H18BrN5O/c1-12-10-20-17-16(19-11-15(18)23(12)17)21-13-2-4-14(5-3-13)22-6-8-24-9-7-22/h2-5,10-11H,6-9H2,1H3,(H,19,21). The van der Waals surface area contributed by atoms with E-state index in [2.05, 4.69) is 60.4 Å². The summed E-state index contributed by atoms with van der Waals surface area (Å²) in [5.41, 5.74) is 4.07. The van der Waals surface area contributed by atoms with Crippen molar-refractivity contribution in [2.75, 3.05) is 36.5 Å². The van der Waals surface area contributed by atoms with Gasteiger partial charge in [-0.25, -0.2) is 9.97 Å². The zero-order chi connectivity index (χ0) is 16.5. The van der Waals surface area contributed by atoms with Crippen molar-refractivity contribution in [3.8, 4) is 0 Å². The van der Waals surface area contributed by atoms with Gasteiger partial charge in [-0.15, -0.1) is 0 Å². The van der Waals surface area contributed by atoms with Crippen LogP contribution in [-0.4, -0.2) is 40.7 Å². The Morgan fingerprint density at radius 2 is 1.83 bits per heavy atom. The molecule has 1 saturated heterocycles. The summed E-state index contributed by atoms with van der Waals surface area (Å²) in [5, 5.41) is 3.36. The van der Waals surface area contributed by atoms with Crippen LogP contribution in [0.1, 0.15) is 5.69 Å². The number of imidazole rings is 1. The summed E-state index contributed by atoms with van der Waals surface area (Å²) in [4.78, 5) is 11.2. The molecule has 0 atom stereocenters. The Morgan fingerprint density at radius 1 is 1.08 bits per heavy atom. The molecule has 1 fully saturated rings. The summed E-state index contributed by atoms with van der Waals surface area (Å²) >= 11 is 3.52. The molecule has 1 aliphatic heterocycles. The lowest BCUT2D eigenvalue weighted by Crippen LogP contribution is -2.36. The SMILES string of the molecule is Cc1cnc2c(Nc3ccc(N4CCOCC4)cc3)ncc(Br)n12. The number of ether oxygens (including phenoxy) is 1. The zero-order valence-corrected chi connectivity index (χ0v) is 15.0. The Kier molecular flexibility index (Phi) is 4.12. The first-order chi connectivity index (χ1) is 11.7. The van der Waals surface area contributed by atoms with Gasteiger partial charge in [-0.2, -0.15) is 0 Å². The van der Waals surface area contributed by atoms with Gasteiger partial charge in [0.2, 0.25) is 0 Å². The van der Waals surface area contributed by atoms with Crippen LogP contribution in [0.4, 0.5) is 17.2 Å². The highest BCUT2D eigenvalue weighted by atomic mass is 79.9. The van der Waals surface area contributed by atoms with Crippen LogP contribution in [0, 0.1) is 6.92 Å². The Labute approximate surface area is 148 Å². The minimum atomic E-state index is 0.741. The lowest BCUT2D eigenvalue weighted by atomic mass is 10.2. The predicted octanol–water partition coefficient (Wildman–Crippen LogP) is 3.38. The van der Waals surface area contributed by atoms with Crippen molar-refractivity contribution < 1.29 is 4.74 Å². The van der Waals surface area contributed by atoms with Crippen molar-refractivity contribution in [1.29, 1.82) is 0 Å². The Balaban J connectivity index is 1.58. The molecule has 0 spiro atoms. The van der Waals surface area contributed by atoms with Gasteiger partial charge in [-0.05, 0) is 47.1 Å². The number of nitrogens with zero attached hydrogens (tertiary/aromatic N) is 4. The van der Waals surface area contributed by atoms with Crippen LogP contribution in [0.25, 0.3) is 5.65 Å². The first-order valence-corrected chi connectivity index (χ1v) is 8.70. The number of benzene rings is 1. The molecule has 6 nitrogen and oxygen atoms in total. The maximum absolute atomic E-state index is 5.40. The first kappa shape index (κ1) is 15.4. The fraction of sp³-hybridized carbons (Fsp3) is 0.294. The minimum Gasteiger partial charge on any atom is -0.378 e. The number of nitrogens with one attached hydrogen (secondary N) is 1. The molecule has 0 unspecified atom stereocenters. The van der Waals surface area contributed by atoms with Crippen LogP contribution in [0.2, 0.25) is 0 Å². The lowest BCUT2D eigenvalue weighted by molar-refractivity contribution is 0.122. The number of hydrogen-bond acceptors (Lipinski definition) is 5. The molecule has 3 heterocycles. The largest absolute Gasteiger partial charge is 0.378 e. The maximum Gasteiger partial charge on any atom is 0.181 e. The number of hydrogen-bond donors (Lipinski definition) is 1. The third-order valence-corrected chi connectivity index (χ3v) is 4.73. The molecule has 7 heteroatoms. The number of anilines is 3. The van der Waals surface area contributed by atoms with E-state index in [1.807, 2.05) is 17.5 Å². The number of halogens is 1. The third kappa shape index (κ3) is 2.85. The van der Waals surface area contributed by atoms with Crippen LogP contribution in [0.5, 0.6) is 0 Å². The second-order valence-corrected chi connectivity index (χ2v) is 6.57. The van der Waals surface area contributed by atoms with E-state index >= 15 is 0 Å². The van der Waals surface area contributed by atoms with Gasteiger partial charge < -0.3 is 15.0 Å². The Morgan fingerprint density at radius 3 is 2.58 bits per heavy atom. The van der Waals surface area contributed by atoms with E-state index in [9.17, 15) is 0 Å². The van der Waals surface area contributed by atoms with Crippen LogP contribution in [0.15, 0.2) is 41.3 Å². The molecule has 2 aromatic heterocycles. The van der Waals surface area contributed by atoms with E-state index in [0.29, 0.717) is 0 Å². The van der Waals surface area contributed by atoms with Gasteiger partial charge in [0, 0.05) is 36.4 Å². The van der Waals surface area contributed by atoms with E-state index < -0.39 is 0 Å². The van der Waals surface area contributed by atoms with Gasteiger partial charge >= 0.3 is 0 Å². The van der Waals surface area contributed by atoms with Gasteiger partial charge in [0.1, 0.15) is 4.60 Å². The molecular formula is C17H18BrN5O. The van der Waals surface area contributed by atoms with Gasteiger partial charge in [0.05, 0.1) is 19.4 Å². The van der Waals surface area contributed by atoms with Gasteiger partial charge in [-0.1, -0.05) is 0 Å². The molecule has 1 aromatic carbocycles. The van der Waals surface area contributed by atoms with E-state index in [0.717, 1.165) is 53.8 Å². The highest BCUT2D eigenvalue weighted by Crippen LogP contribution is 2.25. The summed E-state index contributed by atoms with van der Waals surface area (Å²) in [5.74, 6) is 0.741. The molecule has 0 radical (unpaired) electrons. The molecule has 0 bridgehead atoms. The van der Waals surface area contributed by atoms with Crippen molar-refractivity contribution >= 4 is 38.8 Å². The van der Waals surface area contributed by atoms with Crippen molar-refractivity contribution in [2.24, 2.45) is 0 Å². The molecule has 1 aliphatic rings. The summed E-state index contributed by atoms with van der Waals surface area (Å²) in [6.07, 6.45) is 3.63. The average molecular weight is 388 g/mol. The number of fused-ring (bicyclic) bond motifs is 1. The summed E-state index contributed by atoms with van der Waals surface area (Å²) in [7, 11) is 0. The van der Waals surface area contributed by atoms with Crippen LogP contribution < -0.4 is 10.2 Å². The van der Waals surface area contributed by atoms with Gasteiger partial charge in [-0.3, -0.25) is 4.40 Å². The molecule has 124 valence electrons. The quantitative estimate of drug-likeness (QED) is 0.746. The smallest absolute Gasteiger partial charge is 0.181 e. The second-order valence-electron chi connectivity index (χ2n) is 5.76. The molecule has 0 amide bonds. The summed E-state index contributed by atoms with van der Waals surface area (Å²) in [6, 6.07) is 8.39. The monoisotopic (exact) mass is 387 g/mol. The topological polar surface area (TPSA) is 54.7 Å². The molecule has 1 N–H and O–H groups in total. The highest BCUT2D eigenvalue weighted by molar-refractivity contribution is 9.10. The van der Waals surface area contributed by atoms with E-state index in [1.165, 1.54) is 5.69 Å². The van der Waals surface area contributed by atoms with E-state index in [1.54, 1.807) is 6.20 Å². The van der Waals surface area contributed by atoms with Crippen molar-refractivity contribution in [3.05, 3.63) is 47.0 Å². The highest BCUT2D eigenvalue weighted by Gasteiger charge is 2.12. The Hall–Kier alpha value is -2.12. The number of rotatable bonds is 3. The van der Waals surface area contributed by atoms with E-state index in [-0.39, 0.29) is 0 Å². The van der Waals surface area contributed by atoms with Crippen LogP contribution in [0.3, 0.4) is 0 Å². The molecule has 24 heavy (non-hydrogen) atoms. The third-order valence-electron chi connectivity index (χ3n) is 4.17. The number of morpholine rings is 1. The van der Waals surface area contributed by atoms with E-state index in [4.69, 9.17) is 4.74 Å². The number of aromatic nitrogens is 3. The average Bonchev–Trinajstić information content (AvgIpc) is 3.02. The Bertz CT molecular complexity index is 855. The lowest BCUT2D eigenvalue weighted by Gasteiger charge is -2.28. The molecule has 4 rings (SSSR count). The van der Waals surface area contributed by atoms with Gasteiger partial charge in [0.15, 0.2) is 11.5 Å². The van der Waals surface area contributed by atoms with Crippen molar-refractivity contribution in [2.45, 2.75) is 6.92 Å². The maximum atomic E-state index is 5.40. The van der Waals surface area contributed by atoms with Crippen LogP contribution >= 0.6 is 15.9 Å². The van der Waals surface area contributed by atoms with Crippen molar-refractivity contribution in [3.63, 3.8) is 0 Å². The van der Waals surface area contributed by atoms with Crippen LogP contribution in [-0.2, 0) is 4.74 Å². The molecule has 3 aromatic rings. The molecule has 0 saturated carbocycles. The zero-order valence-electron chi connectivity index (χ0n) is 13.4. The number of aryl methyl sites for hydroxylation is 1. The normalized spacial score (nSPS) is 15.0. The predicted molar refractivity (Wildman–Crippen MR) is 98.2 cm³/mol.